The van der Waals surface area contributed by atoms with Crippen LogP contribution in [0.25, 0.3) is 16.7 Å². The molecule has 3 aromatic heterocycles. The third kappa shape index (κ3) is 1.91. The van der Waals surface area contributed by atoms with E-state index in [-0.39, 0.29) is 0 Å². The van der Waals surface area contributed by atoms with Crippen molar-refractivity contribution in [3.05, 3.63) is 63.2 Å². The van der Waals surface area contributed by atoms with Gasteiger partial charge in [0.05, 0.1) is 17.3 Å². The molecule has 0 aliphatic carbocycles. The Morgan fingerprint density at radius 1 is 1.25 bits per heavy atom. The summed E-state index contributed by atoms with van der Waals surface area (Å²) in [5.41, 5.74) is 0.794. The lowest BCUT2D eigenvalue weighted by Gasteiger charge is -2.08. The van der Waals surface area contributed by atoms with Gasteiger partial charge in [-0.15, -0.1) is 0 Å². The summed E-state index contributed by atoms with van der Waals surface area (Å²) in [6.07, 6.45) is 3.90. The minimum atomic E-state index is -0.517. The standard InChI is InChI=1S/C14H12N4O2/c1-2-9-5-6-11-12(16-9)18(14(20)17-13(11)19)10-4-3-7-15-8-10/h3-8H,2H2,1H3,(H,17,19,20). The average Bonchev–Trinajstić information content (AvgIpc) is 2.47. The Bertz CT molecular complexity index is 881. The van der Waals surface area contributed by atoms with Crippen LogP contribution in [0.3, 0.4) is 0 Å². The predicted octanol–water partition coefficient (Wildman–Crippen LogP) is 1.03. The lowest BCUT2D eigenvalue weighted by atomic mass is 10.2. The Morgan fingerprint density at radius 3 is 2.80 bits per heavy atom. The molecule has 20 heavy (non-hydrogen) atoms. The van der Waals surface area contributed by atoms with E-state index in [9.17, 15) is 9.59 Å². The third-order valence-corrected chi connectivity index (χ3v) is 3.08. The van der Waals surface area contributed by atoms with Gasteiger partial charge in [-0.2, -0.15) is 0 Å². The lowest BCUT2D eigenvalue weighted by molar-refractivity contribution is 0.907. The van der Waals surface area contributed by atoms with Gasteiger partial charge in [0.15, 0.2) is 5.65 Å². The third-order valence-electron chi connectivity index (χ3n) is 3.08. The maximum Gasteiger partial charge on any atom is 0.334 e. The van der Waals surface area contributed by atoms with Gasteiger partial charge in [0.2, 0.25) is 0 Å². The highest BCUT2D eigenvalue weighted by atomic mass is 16.2. The summed E-state index contributed by atoms with van der Waals surface area (Å²) in [7, 11) is 0. The van der Waals surface area contributed by atoms with Crippen molar-refractivity contribution < 1.29 is 0 Å². The van der Waals surface area contributed by atoms with E-state index in [1.54, 1.807) is 36.7 Å². The summed E-state index contributed by atoms with van der Waals surface area (Å²) >= 11 is 0. The van der Waals surface area contributed by atoms with Crippen LogP contribution < -0.4 is 11.2 Å². The van der Waals surface area contributed by atoms with Crippen molar-refractivity contribution in [1.29, 1.82) is 0 Å². The number of hydrogen-bond donors (Lipinski definition) is 1. The molecule has 0 fully saturated rings. The molecule has 0 saturated heterocycles. The number of fused-ring (bicyclic) bond motifs is 1. The van der Waals surface area contributed by atoms with Gasteiger partial charge in [-0.1, -0.05) is 6.92 Å². The van der Waals surface area contributed by atoms with E-state index in [0.717, 1.165) is 12.1 Å². The van der Waals surface area contributed by atoms with Gasteiger partial charge in [0.1, 0.15) is 0 Å². The molecule has 0 atom stereocenters. The molecule has 0 aliphatic heterocycles. The van der Waals surface area contributed by atoms with Crippen molar-refractivity contribution in [3.63, 3.8) is 0 Å². The molecular weight excluding hydrogens is 256 g/mol. The minimum Gasteiger partial charge on any atom is -0.273 e. The van der Waals surface area contributed by atoms with Crippen LogP contribution in [0.2, 0.25) is 0 Å². The Hall–Kier alpha value is -2.76. The van der Waals surface area contributed by atoms with Gasteiger partial charge in [-0.25, -0.2) is 14.3 Å². The molecular formula is C14H12N4O2. The monoisotopic (exact) mass is 268 g/mol. The molecule has 100 valence electrons. The van der Waals surface area contributed by atoms with Crippen molar-refractivity contribution in [2.75, 3.05) is 0 Å². The summed E-state index contributed by atoms with van der Waals surface area (Å²) < 4.78 is 1.36. The smallest absolute Gasteiger partial charge is 0.273 e. The van der Waals surface area contributed by atoms with Crippen LogP contribution in [0.4, 0.5) is 0 Å². The molecule has 0 bridgehead atoms. The first-order valence-electron chi connectivity index (χ1n) is 6.26. The number of hydrogen-bond acceptors (Lipinski definition) is 4. The maximum absolute atomic E-state index is 12.1. The highest BCUT2D eigenvalue weighted by Gasteiger charge is 2.11. The minimum absolute atomic E-state index is 0.353. The quantitative estimate of drug-likeness (QED) is 0.752. The number of rotatable bonds is 2. The highest BCUT2D eigenvalue weighted by molar-refractivity contribution is 5.75. The highest BCUT2D eigenvalue weighted by Crippen LogP contribution is 2.11. The molecule has 0 aromatic carbocycles. The van der Waals surface area contributed by atoms with Crippen molar-refractivity contribution >= 4 is 11.0 Å². The van der Waals surface area contributed by atoms with Gasteiger partial charge in [-0.05, 0) is 30.7 Å². The van der Waals surface area contributed by atoms with Gasteiger partial charge in [0.25, 0.3) is 5.56 Å². The normalized spacial score (nSPS) is 10.8. The SMILES string of the molecule is CCc1ccc2c(=O)[nH]c(=O)n(-c3cccnc3)c2n1. The molecule has 3 heterocycles. The molecule has 0 radical (unpaired) electrons. The van der Waals surface area contributed by atoms with Gasteiger partial charge in [0, 0.05) is 11.9 Å². The summed E-state index contributed by atoms with van der Waals surface area (Å²) in [5.74, 6) is 0. The summed E-state index contributed by atoms with van der Waals surface area (Å²) in [6, 6.07) is 6.94. The number of nitrogens with zero attached hydrogens (tertiary/aromatic N) is 3. The number of nitrogens with one attached hydrogen (secondary N) is 1. The van der Waals surface area contributed by atoms with Crippen molar-refractivity contribution in [2.45, 2.75) is 13.3 Å². The Balaban J connectivity index is 2.47. The van der Waals surface area contributed by atoms with E-state index in [0.29, 0.717) is 16.7 Å². The number of H-pyrrole nitrogens is 1. The van der Waals surface area contributed by atoms with Crippen LogP contribution in [0.5, 0.6) is 0 Å². The van der Waals surface area contributed by atoms with Crippen molar-refractivity contribution in [2.24, 2.45) is 0 Å². The van der Waals surface area contributed by atoms with E-state index < -0.39 is 11.2 Å². The van der Waals surface area contributed by atoms with Crippen LogP contribution in [-0.2, 0) is 6.42 Å². The van der Waals surface area contributed by atoms with Crippen LogP contribution in [0.15, 0.2) is 46.2 Å². The summed E-state index contributed by atoms with van der Waals surface area (Å²) in [5, 5.41) is 0.380. The molecule has 3 rings (SSSR count). The molecule has 6 heteroatoms. The van der Waals surface area contributed by atoms with Crippen molar-refractivity contribution in [1.82, 2.24) is 19.5 Å². The Morgan fingerprint density at radius 2 is 2.10 bits per heavy atom. The fraction of sp³-hybridized carbons (Fsp3) is 0.143. The average molecular weight is 268 g/mol. The second-order valence-corrected chi connectivity index (χ2v) is 4.33. The fourth-order valence-electron chi connectivity index (χ4n) is 2.07. The molecule has 0 spiro atoms. The summed E-state index contributed by atoms with van der Waals surface area (Å²) in [6.45, 7) is 1.97. The summed E-state index contributed by atoms with van der Waals surface area (Å²) in [4.78, 5) is 34.7. The first-order chi connectivity index (χ1) is 9.70. The van der Waals surface area contributed by atoms with Gasteiger partial charge < -0.3 is 0 Å². The first-order valence-corrected chi connectivity index (χ1v) is 6.26. The first kappa shape index (κ1) is 12.3. The lowest BCUT2D eigenvalue weighted by Crippen LogP contribution is -2.30. The van der Waals surface area contributed by atoms with E-state index in [4.69, 9.17) is 0 Å². The molecule has 3 aromatic rings. The zero-order valence-corrected chi connectivity index (χ0v) is 10.8. The van der Waals surface area contributed by atoms with E-state index in [1.165, 1.54) is 4.57 Å². The molecule has 1 N–H and O–H groups in total. The Kier molecular flexibility index (Phi) is 2.90. The van der Waals surface area contributed by atoms with Crippen LogP contribution in [0.1, 0.15) is 12.6 Å². The number of aryl methyl sites for hydroxylation is 1. The molecule has 0 aliphatic rings. The number of aromatic nitrogens is 4. The molecule has 0 amide bonds. The predicted molar refractivity (Wildman–Crippen MR) is 75.1 cm³/mol. The number of pyridine rings is 2. The van der Waals surface area contributed by atoms with Gasteiger partial charge in [-0.3, -0.25) is 14.8 Å². The molecule has 0 unspecified atom stereocenters. The second kappa shape index (κ2) is 4.73. The van der Waals surface area contributed by atoms with Crippen LogP contribution >= 0.6 is 0 Å². The van der Waals surface area contributed by atoms with Gasteiger partial charge >= 0.3 is 5.69 Å². The van der Waals surface area contributed by atoms with E-state index in [1.807, 2.05) is 6.92 Å². The van der Waals surface area contributed by atoms with E-state index in [2.05, 4.69) is 15.0 Å². The maximum atomic E-state index is 12.1. The zero-order chi connectivity index (χ0) is 14.1. The molecule has 0 saturated carbocycles. The largest absolute Gasteiger partial charge is 0.334 e. The van der Waals surface area contributed by atoms with E-state index >= 15 is 0 Å². The Labute approximate surface area is 113 Å². The van der Waals surface area contributed by atoms with Crippen LogP contribution in [0, 0.1) is 0 Å². The van der Waals surface area contributed by atoms with Crippen molar-refractivity contribution in [3.8, 4) is 5.69 Å². The fourth-order valence-corrected chi connectivity index (χ4v) is 2.07. The number of aromatic amines is 1. The second-order valence-electron chi connectivity index (χ2n) is 4.33. The zero-order valence-electron chi connectivity index (χ0n) is 10.8. The van der Waals surface area contributed by atoms with Crippen LogP contribution in [-0.4, -0.2) is 19.5 Å². The molecule has 6 nitrogen and oxygen atoms in total. The topological polar surface area (TPSA) is 80.6 Å².